The number of nitrogens with zero attached hydrogens (tertiary/aromatic N) is 2. The number of benzene rings is 1. The van der Waals surface area contributed by atoms with Crippen molar-refractivity contribution in [3.8, 4) is 10.6 Å². The van der Waals surface area contributed by atoms with Crippen molar-refractivity contribution >= 4 is 31.1 Å². The molecule has 0 spiro atoms. The van der Waals surface area contributed by atoms with Gasteiger partial charge in [-0.2, -0.15) is 0 Å². The van der Waals surface area contributed by atoms with Crippen molar-refractivity contribution in [1.29, 1.82) is 0 Å². The van der Waals surface area contributed by atoms with Gasteiger partial charge in [0, 0.05) is 30.6 Å². The van der Waals surface area contributed by atoms with Crippen LogP contribution in [0, 0.1) is 5.92 Å². The second kappa shape index (κ2) is 12.5. The van der Waals surface area contributed by atoms with Gasteiger partial charge in [0.25, 0.3) is 0 Å². The molecule has 1 aromatic heterocycles. The topological polar surface area (TPSA) is 107 Å². The highest BCUT2D eigenvalue weighted by atomic mass is 32.1. The van der Waals surface area contributed by atoms with Gasteiger partial charge in [-0.05, 0) is 30.7 Å². The van der Waals surface area contributed by atoms with Crippen LogP contribution in [0.5, 0.6) is 0 Å². The Morgan fingerprint density at radius 1 is 1.23 bits per heavy atom. The molecule has 0 aliphatic rings. The van der Waals surface area contributed by atoms with E-state index in [4.69, 9.17) is 0 Å². The Hall–Kier alpha value is -2.15. The Morgan fingerprint density at radius 2 is 1.97 bits per heavy atom. The number of amides is 2. The third kappa shape index (κ3) is 8.69. The number of nitrogens with one attached hydrogen (secondary N) is 2. The minimum absolute atomic E-state index is 0.0382. The SMILES string of the molecule is CC(=O)NC[P+]([O-])=N[C@@H](CC(C)C)C(=O)NCCCc1ccc(-c2nccs2)cc1. The number of thiazole rings is 1. The molecule has 2 amide bonds. The lowest BCUT2D eigenvalue weighted by Gasteiger charge is -2.14. The van der Waals surface area contributed by atoms with Crippen LogP contribution in [0.1, 0.15) is 39.2 Å². The summed E-state index contributed by atoms with van der Waals surface area (Å²) >= 11 is 1.61. The van der Waals surface area contributed by atoms with Crippen molar-refractivity contribution in [2.24, 2.45) is 10.7 Å². The molecule has 0 saturated heterocycles. The summed E-state index contributed by atoms with van der Waals surface area (Å²) in [6.45, 7) is 5.87. The number of rotatable bonds is 11. The molecule has 0 fully saturated rings. The van der Waals surface area contributed by atoms with Gasteiger partial charge < -0.3 is 15.5 Å². The van der Waals surface area contributed by atoms with Crippen molar-refractivity contribution < 1.29 is 14.5 Å². The Kier molecular flexibility index (Phi) is 10.1. The second-order valence-electron chi connectivity index (χ2n) is 7.43. The maximum absolute atomic E-state index is 12.5. The molecule has 7 nitrogen and oxygen atoms in total. The van der Waals surface area contributed by atoms with Gasteiger partial charge in [-0.1, -0.05) is 42.9 Å². The van der Waals surface area contributed by atoms with E-state index >= 15 is 0 Å². The van der Waals surface area contributed by atoms with E-state index in [1.54, 1.807) is 17.5 Å². The summed E-state index contributed by atoms with van der Waals surface area (Å²) in [5, 5.41) is 8.34. The third-order valence-corrected chi connectivity index (χ3v) is 6.09. The predicted molar refractivity (Wildman–Crippen MR) is 120 cm³/mol. The first kappa shape index (κ1) is 24.1. The normalized spacial score (nSPS) is 12.6. The third-order valence-electron chi connectivity index (χ3n) is 4.30. The molecule has 162 valence electrons. The minimum atomic E-state index is -2.01. The monoisotopic (exact) mass is 448 g/mol. The first-order valence-corrected chi connectivity index (χ1v) is 12.3. The quantitative estimate of drug-likeness (QED) is 0.406. The molecule has 9 heteroatoms. The minimum Gasteiger partial charge on any atom is -0.611 e. The summed E-state index contributed by atoms with van der Waals surface area (Å²) in [6, 6.07) is 7.63. The van der Waals surface area contributed by atoms with E-state index in [1.807, 2.05) is 19.2 Å². The lowest BCUT2D eigenvalue weighted by Crippen LogP contribution is -2.35. The van der Waals surface area contributed by atoms with Gasteiger partial charge >= 0.3 is 0 Å². The van der Waals surface area contributed by atoms with Crippen molar-refractivity contribution in [3.05, 3.63) is 41.4 Å². The molecule has 2 atom stereocenters. The first-order chi connectivity index (χ1) is 14.3. The van der Waals surface area contributed by atoms with E-state index in [1.165, 1.54) is 12.5 Å². The van der Waals surface area contributed by atoms with Crippen LogP contribution in [0.4, 0.5) is 0 Å². The Balaban J connectivity index is 1.81. The van der Waals surface area contributed by atoms with Crippen LogP contribution in [-0.2, 0) is 16.0 Å². The Bertz CT molecular complexity index is 838. The number of aromatic nitrogens is 1. The fourth-order valence-corrected chi connectivity index (χ4v) is 4.42. The van der Waals surface area contributed by atoms with Gasteiger partial charge in [0.15, 0.2) is 20.3 Å². The van der Waals surface area contributed by atoms with Crippen LogP contribution >= 0.6 is 19.3 Å². The number of carbonyl (C=O) groups is 2. The molecule has 2 N–H and O–H groups in total. The van der Waals surface area contributed by atoms with Crippen LogP contribution < -0.4 is 15.5 Å². The molecule has 0 radical (unpaired) electrons. The molecule has 0 bridgehead atoms. The highest BCUT2D eigenvalue weighted by molar-refractivity contribution is 7.39. The summed E-state index contributed by atoms with van der Waals surface area (Å²) in [4.78, 5) is 39.8. The van der Waals surface area contributed by atoms with Crippen LogP contribution in [0.15, 0.2) is 40.6 Å². The van der Waals surface area contributed by atoms with E-state index in [0.29, 0.717) is 13.0 Å². The smallest absolute Gasteiger partial charge is 0.248 e. The molecule has 1 unspecified atom stereocenters. The van der Waals surface area contributed by atoms with Crippen LogP contribution in [-0.4, -0.2) is 35.7 Å². The van der Waals surface area contributed by atoms with E-state index in [2.05, 4.69) is 44.6 Å². The first-order valence-electron chi connectivity index (χ1n) is 10.0. The van der Waals surface area contributed by atoms with Crippen LogP contribution in [0.25, 0.3) is 10.6 Å². The van der Waals surface area contributed by atoms with Crippen LogP contribution in [0.3, 0.4) is 0 Å². The molecule has 2 rings (SSSR count). The Morgan fingerprint density at radius 3 is 2.57 bits per heavy atom. The maximum Gasteiger partial charge on any atom is 0.248 e. The van der Waals surface area contributed by atoms with Gasteiger partial charge in [-0.3, -0.25) is 9.59 Å². The van der Waals surface area contributed by atoms with Gasteiger partial charge in [0.1, 0.15) is 5.01 Å². The van der Waals surface area contributed by atoms with Crippen molar-refractivity contribution in [1.82, 2.24) is 15.6 Å². The fraction of sp³-hybridized carbons (Fsp3) is 0.476. The molecule has 2 aromatic rings. The van der Waals surface area contributed by atoms with E-state index < -0.39 is 14.0 Å². The highest BCUT2D eigenvalue weighted by Gasteiger charge is 2.22. The van der Waals surface area contributed by atoms with Crippen molar-refractivity contribution in [3.63, 3.8) is 0 Å². The summed E-state index contributed by atoms with van der Waals surface area (Å²) in [6.07, 6.45) is 3.93. The molecule has 0 aliphatic carbocycles. The summed E-state index contributed by atoms with van der Waals surface area (Å²) in [7, 11) is -2.01. The van der Waals surface area contributed by atoms with E-state index in [-0.39, 0.29) is 24.0 Å². The zero-order chi connectivity index (χ0) is 21.9. The summed E-state index contributed by atoms with van der Waals surface area (Å²) < 4.78 is 4.14. The standard InChI is InChI=1S/C21H29N4O3PS/c1-15(2)13-19(25-29(28)14-24-16(3)26)20(27)22-10-4-5-17-6-8-18(9-7-17)21-23-11-12-30-21/h6-9,11-12,15,19H,4-5,10,13-14H2,1-3H3,(H,22,27)(H,24,26)/t19-/m0/s1. The fourth-order valence-electron chi connectivity index (χ4n) is 2.83. The molecule has 0 aliphatic heterocycles. The predicted octanol–water partition coefficient (Wildman–Crippen LogP) is 3.31. The maximum atomic E-state index is 12.5. The van der Waals surface area contributed by atoms with Gasteiger partial charge in [0.05, 0.1) is 0 Å². The highest BCUT2D eigenvalue weighted by Crippen LogP contribution is 2.22. The lowest BCUT2D eigenvalue weighted by atomic mass is 10.0. The summed E-state index contributed by atoms with van der Waals surface area (Å²) in [5.41, 5.74) is 2.31. The number of carbonyl (C=O) groups excluding carboxylic acids is 2. The average Bonchev–Trinajstić information content (AvgIpc) is 3.24. The molecular weight excluding hydrogens is 419 g/mol. The van der Waals surface area contributed by atoms with Gasteiger partial charge in [-0.25, -0.2) is 4.98 Å². The number of hydrogen-bond acceptors (Lipinski definition) is 6. The number of aryl methyl sites for hydroxylation is 1. The molecular formula is C21H29N4O3PS. The zero-order valence-corrected chi connectivity index (χ0v) is 19.3. The molecule has 1 heterocycles. The van der Waals surface area contributed by atoms with Crippen LogP contribution in [0.2, 0.25) is 0 Å². The largest absolute Gasteiger partial charge is 0.611 e. The molecule has 30 heavy (non-hydrogen) atoms. The Labute approximate surface area is 182 Å². The lowest BCUT2D eigenvalue weighted by molar-refractivity contribution is -0.157. The second-order valence-corrected chi connectivity index (χ2v) is 9.58. The van der Waals surface area contributed by atoms with Gasteiger partial charge in [0.2, 0.25) is 11.8 Å². The van der Waals surface area contributed by atoms with Crippen molar-refractivity contribution in [2.75, 3.05) is 12.8 Å². The van der Waals surface area contributed by atoms with E-state index in [0.717, 1.165) is 23.4 Å². The van der Waals surface area contributed by atoms with E-state index in [9.17, 15) is 14.5 Å². The number of hydrogen-bond donors (Lipinski definition) is 2. The average molecular weight is 449 g/mol. The van der Waals surface area contributed by atoms with Crippen molar-refractivity contribution in [2.45, 2.75) is 46.1 Å². The summed E-state index contributed by atoms with van der Waals surface area (Å²) in [5.74, 6) is -0.239. The zero-order valence-electron chi connectivity index (χ0n) is 17.6. The van der Waals surface area contributed by atoms with Gasteiger partial charge in [-0.15, -0.1) is 11.3 Å². The molecule has 1 aromatic carbocycles. The molecule has 0 saturated carbocycles.